The molecule has 1 rings (SSSR count). The summed E-state index contributed by atoms with van der Waals surface area (Å²) >= 11 is 0. The smallest absolute Gasteiger partial charge is 0.108 e. The van der Waals surface area contributed by atoms with E-state index < -0.39 is 0 Å². The van der Waals surface area contributed by atoms with Gasteiger partial charge in [0, 0.05) is 12.2 Å². The molecule has 4 nitrogen and oxygen atoms in total. The number of anilines is 1. The molecule has 0 heterocycles. The zero-order chi connectivity index (χ0) is 9.52. The van der Waals surface area contributed by atoms with Crippen molar-refractivity contribution in [2.45, 2.75) is 6.54 Å². The van der Waals surface area contributed by atoms with Crippen molar-refractivity contribution in [1.82, 2.24) is 0 Å². The molecule has 4 N–H and O–H groups in total. The van der Waals surface area contributed by atoms with Crippen LogP contribution in [-0.2, 0) is 6.54 Å². The molecule has 68 valence electrons. The first-order valence-corrected chi connectivity index (χ1v) is 3.93. The van der Waals surface area contributed by atoms with Gasteiger partial charge in [-0.05, 0) is 11.6 Å². The van der Waals surface area contributed by atoms with Crippen molar-refractivity contribution in [3.63, 3.8) is 0 Å². The molecule has 0 amide bonds. The molecular weight excluding hydrogens is 164 g/mol. The second-order valence-corrected chi connectivity index (χ2v) is 2.41. The van der Waals surface area contributed by atoms with Gasteiger partial charge in [0.25, 0.3) is 0 Å². The highest BCUT2D eigenvalue weighted by atomic mass is 14.9. The normalized spacial score (nSPS) is 10.2. The Morgan fingerprint density at radius 1 is 1.46 bits per heavy atom. The third kappa shape index (κ3) is 2.68. The van der Waals surface area contributed by atoms with Gasteiger partial charge in [0.1, 0.15) is 6.34 Å². The summed E-state index contributed by atoms with van der Waals surface area (Å²) in [6.45, 7) is 0.488. The Hall–Kier alpha value is -1.68. The van der Waals surface area contributed by atoms with E-state index in [9.17, 15) is 0 Å². The Kier molecular flexibility index (Phi) is 3.66. The lowest BCUT2D eigenvalue weighted by Crippen LogP contribution is -2.03. The molecule has 0 atom stereocenters. The highest BCUT2D eigenvalue weighted by Crippen LogP contribution is 2.12. The topological polar surface area (TPSA) is 74.3 Å². The van der Waals surface area contributed by atoms with Crippen LogP contribution in [0.1, 0.15) is 5.56 Å². The second-order valence-electron chi connectivity index (χ2n) is 2.41. The molecule has 0 unspecified atom stereocenters. The van der Waals surface area contributed by atoms with Gasteiger partial charge < -0.3 is 11.1 Å². The van der Waals surface area contributed by atoms with E-state index in [0.29, 0.717) is 6.54 Å². The van der Waals surface area contributed by atoms with Gasteiger partial charge in [-0.2, -0.15) is 0 Å². The molecule has 0 saturated carbocycles. The average molecular weight is 176 g/mol. The van der Waals surface area contributed by atoms with Crippen LogP contribution in [0.3, 0.4) is 0 Å². The Morgan fingerprint density at radius 2 is 2.23 bits per heavy atom. The summed E-state index contributed by atoms with van der Waals surface area (Å²) in [5, 5.41) is 9.62. The minimum atomic E-state index is 0.488. The van der Waals surface area contributed by atoms with Crippen LogP contribution in [0.15, 0.2) is 29.3 Å². The second kappa shape index (κ2) is 5.05. The molecule has 0 bridgehead atoms. The summed E-state index contributed by atoms with van der Waals surface area (Å²) in [5.41, 5.74) is 7.48. The van der Waals surface area contributed by atoms with Crippen LogP contribution in [0.2, 0.25) is 0 Å². The Labute approximate surface area is 77.0 Å². The molecular formula is C9H12N4. The fourth-order valence-corrected chi connectivity index (χ4v) is 0.983. The minimum absolute atomic E-state index is 0.488. The Morgan fingerprint density at radius 3 is 2.92 bits per heavy atom. The van der Waals surface area contributed by atoms with Crippen molar-refractivity contribution in [2.75, 3.05) is 5.32 Å². The molecule has 0 aliphatic carbocycles. The molecule has 1 aromatic rings. The van der Waals surface area contributed by atoms with Gasteiger partial charge in [-0.3, -0.25) is 5.41 Å². The lowest BCUT2D eigenvalue weighted by molar-refractivity contribution is 1.07. The largest absolute Gasteiger partial charge is 0.346 e. The van der Waals surface area contributed by atoms with Crippen LogP contribution in [0.25, 0.3) is 0 Å². The number of nitrogens with zero attached hydrogens (tertiary/aromatic N) is 1. The average Bonchev–Trinajstić information content (AvgIpc) is 2.19. The first-order chi connectivity index (χ1) is 6.38. The van der Waals surface area contributed by atoms with E-state index in [4.69, 9.17) is 11.1 Å². The number of aliphatic imine (C=N–C) groups is 1. The lowest BCUT2D eigenvalue weighted by Gasteiger charge is -2.05. The van der Waals surface area contributed by atoms with Crippen LogP contribution in [0.4, 0.5) is 5.69 Å². The van der Waals surface area contributed by atoms with E-state index in [1.54, 1.807) is 0 Å². The van der Waals surface area contributed by atoms with Gasteiger partial charge in [0.05, 0.1) is 6.34 Å². The van der Waals surface area contributed by atoms with Crippen molar-refractivity contribution in [3.8, 4) is 0 Å². The molecule has 1 aromatic carbocycles. The number of rotatable bonds is 4. The summed E-state index contributed by atoms with van der Waals surface area (Å²) in [6, 6.07) is 7.71. The van der Waals surface area contributed by atoms with Crippen molar-refractivity contribution in [3.05, 3.63) is 29.8 Å². The Bertz CT molecular complexity index is 306. The first kappa shape index (κ1) is 9.41. The Balaban J connectivity index is 2.74. The van der Waals surface area contributed by atoms with Gasteiger partial charge in [-0.25, -0.2) is 4.99 Å². The quantitative estimate of drug-likeness (QED) is 0.476. The third-order valence-electron chi connectivity index (χ3n) is 1.61. The van der Waals surface area contributed by atoms with Crippen LogP contribution in [0.5, 0.6) is 0 Å². The van der Waals surface area contributed by atoms with Crippen LogP contribution in [0, 0.1) is 5.41 Å². The zero-order valence-electron chi connectivity index (χ0n) is 7.20. The molecule has 0 radical (unpaired) electrons. The molecule has 0 aliphatic rings. The number of benzene rings is 1. The molecule has 4 heteroatoms. The van der Waals surface area contributed by atoms with Crippen LogP contribution >= 0.6 is 0 Å². The summed E-state index contributed by atoms with van der Waals surface area (Å²) in [4.78, 5) is 3.61. The predicted molar refractivity (Wildman–Crippen MR) is 55.2 cm³/mol. The third-order valence-corrected chi connectivity index (χ3v) is 1.61. The number of nitrogens with two attached hydrogens (primary N) is 1. The van der Waals surface area contributed by atoms with Gasteiger partial charge in [0.15, 0.2) is 0 Å². The van der Waals surface area contributed by atoms with Gasteiger partial charge in [-0.1, -0.05) is 18.2 Å². The summed E-state index contributed by atoms with van der Waals surface area (Å²) in [5.74, 6) is 0. The minimum Gasteiger partial charge on any atom is -0.346 e. The monoisotopic (exact) mass is 176 g/mol. The SMILES string of the molecule is N=C/N=C\Nc1ccccc1CN. The number of hydrogen-bond donors (Lipinski definition) is 3. The number of hydrogen-bond acceptors (Lipinski definition) is 2. The molecule has 13 heavy (non-hydrogen) atoms. The maximum absolute atomic E-state index is 6.68. The molecule has 0 aliphatic heterocycles. The van der Waals surface area contributed by atoms with Crippen molar-refractivity contribution < 1.29 is 0 Å². The van der Waals surface area contributed by atoms with Gasteiger partial charge >= 0.3 is 0 Å². The van der Waals surface area contributed by atoms with E-state index in [0.717, 1.165) is 17.6 Å². The molecule has 0 spiro atoms. The summed E-state index contributed by atoms with van der Waals surface area (Å²) in [7, 11) is 0. The van der Waals surface area contributed by atoms with Crippen molar-refractivity contribution >= 4 is 18.4 Å². The predicted octanol–water partition coefficient (Wildman–Crippen LogP) is 1.19. The molecule has 0 fully saturated rings. The lowest BCUT2D eigenvalue weighted by atomic mass is 10.2. The van der Waals surface area contributed by atoms with E-state index in [2.05, 4.69) is 10.3 Å². The maximum atomic E-state index is 6.68. The number of nitrogens with one attached hydrogen (secondary N) is 2. The fourth-order valence-electron chi connectivity index (χ4n) is 0.983. The van der Waals surface area contributed by atoms with Crippen molar-refractivity contribution in [1.29, 1.82) is 5.41 Å². The van der Waals surface area contributed by atoms with E-state index >= 15 is 0 Å². The van der Waals surface area contributed by atoms with E-state index in [1.165, 1.54) is 6.34 Å². The number of para-hydroxylation sites is 1. The zero-order valence-corrected chi connectivity index (χ0v) is 7.20. The summed E-state index contributed by atoms with van der Waals surface area (Å²) in [6.07, 6.45) is 2.43. The van der Waals surface area contributed by atoms with Crippen molar-refractivity contribution in [2.24, 2.45) is 10.7 Å². The van der Waals surface area contributed by atoms with E-state index in [1.807, 2.05) is 24.3 Å². The molecule has 0 aromatic heterocycles. The first-order valence-electron chi connectivity index (χ1n) is 3.93. The van der Waals surface area contributed by atoms with Gasteiger partial charge in [0.2, 0.25) is 0 Å². The highest BCUT2D eigenvalue weighted by molar-refractivity contribution is 5.82. The fraction of sp³-hybridized carbons (Fsp3) is 0.111. The highest BCUT2D eigenvalue weighted by Gasteiger charge is 1.95. The maximum Gasteiger partial charge on any atom is 0.108 e. The van der Waals surface area contributed by atoms with Crippen LogP contribution < -0.4 is 11.1 Å². The summed E-state index contributed by atoms with van der Waals surface area (Å²) < 4.78 is 0. The van der Waals surface area contributed by atoms with Crippen LogP contribution in [-0.4, -0.2) is 12.7 Å². The molecule has 0 saturated heterocycles. The standard InChI is InChI=1S/C9H12N4/c10-5-8-3-1-2-4-9(8)13-7-12-6-11/h1-4,6-7H,5,10H2,(H2,11,12,13). The van der Waals surface area contributed by atoms with Gasteiger partial charge in [-0.15, -0.1) is 0 Å². The van der Waals surface area contributed by atoms with E-state index in [-0.39, 0.29) is 0 Å².